The number of aromatic amines is 1. The second-order valence-corrected chi connectivity index (χ2v) is 9.20. The number of aromatic nitrogens is 1. The summed E-state index contributed by atoms with van der Waals surface area (Å²) in [5.74, 6) is -1.55. The summed E-state index contributed by atoms with van der Waals surface area (Å²) in [7, 11) is 0. The molecule has 3 N–H and O–H groups in total. The highest BCUT2D eigenvalue weighted by atomic mass is 16.6. The van der Waals surface area contributed by atoms with Crippen molar-refractivity contribution in [3.8, 4) is 0 Å². The fraction of sp³-hybridized carbons (Fsp3) is 0.320. The van der Waals surface area contributed by atoms with Crippen LogP contribution >= 0.6 is 0 Å². The number of benzene rings is 2. The number of H-pyrrole nitrogens is 1. The molecule has 0 spiro atoms. The minimum absolute atomic E-state index is 0.0736. The molecule has 1 aliphatic rings. The number of hydrogen-bond donors (Lipinski definition) is 3. The Kier molecular flexibility index (Phi) is 5.84. The number of carboxylic acid groups (broad SMARTS) is 1. The predicted octanol–water partition coefficient (Wildman–Crippen LogP) is 4.60. The molecule has 0 aliphatic carbocycles. The van der Waals surface area contributed by atoms with Crippen molar-refractivity contribution in [1.82, 2.24) is 9.88 Å². The van der Waals surface area contributed by atoms with Crippen LogP contribution in [0, 0.1) is 0 Å². The van der Waals surface area contributed by atoms with Gasteiger partial charge in [0, 0.05) is 29.1 Å². The van der Waals surface area contributed by atoms with Gasteiger partial charge in [0.1, 0.15) is 17.3 Å². The number of amides is 2. The Balaban J connectivity index is 1.62. The van der Waals surface area contributed by atoms with Crippen LogP contribution in [-0.4, -0.2) is 51.1 Å². The first-order valence-corrected chi connectivity index (χ1v) is 10.8. The number of carbonyl (C=O) groups is 3. The number of rotatable bonds is 4. The summed E-state index contributed by atoms with van der Waals surface area (Å²) in [4.78, 5) is 41.9. The van der Waals surface area contributed by atoms with Crippen molar-refractivity contribution < 1.29 is 24.2 Å². The van der Waals surface area contributed by atoms with E-state index in [1.165, 1.54) is 11.0 Å². The quantitative estimate of drug-likeness (QED) is 0.539. The maximum atomic E-state index is 13.5. The zero-order valence-corrected chi connectivity index (χ0v) is 18.8. The van der Waals surface area contributed by atoms with Gasteiger partial charge < -0.3 is 20.1 Å². The van der Waals surface area contributed by atoms with E-state index in [1.54, 1.807) is 39.0 Å². The summed E-state index contributed by atoms with van der Waals surface area (Å²) in [6.07, 6.45) is 0.119. The van der Waals surface area contributed by atoms with Gasteiger partial charge in [-0.05, 0) is 57.0 Å². The Hall–Kier alpha value is -3.81. The van der Waals surface area contributed by atoms with E-state index in [0.29, 0.717) is 29.6 Å². The van der Waals surface area contributed by atoms with E-state index in [2.05, 4.69) is 10.3 Å². The van der Waals surface area contributed by atoms with Gasteiger partial charge in [-0.15, -0.1) is 0 Å². The Morgan fingerprint density at radius 2 is 1.82 bits per heavy atom. The zero-order chi connectivity index (χ0) is 23.8. The molecule has 2 aromatic carbocycles. The first-order chi connectivity index (χ1) is 15.6. The molecule has 0 radical (unpaired) electrons. The fourth-order valence-corrected chi connectivity index (χ4v) is 4.23. The number of ether oxygens (including phenoxy) is 1. The lowest BCUT2D eigenvalue weighted by Gasteiger charge is -2.30. The van der Waals surface area contributed by atoms with Gasteiger partial charge in [-0.3, -0.25) is 9.69 Å². The smallest absolute Gasteiger partial charge is 0.410 e. The van der Waals surface area contributed by atoms with E-state index in [-0.39, 0.29) is 17.5 Å². The molecule has 3 aromatic rings. The van der Waals surface area contributed by atoms with Crippen molar-refractivity contribution in [2.75, 3.05) is 11.9 Å². The van der Waals surface area contributed by atoms with Crippen molar-refractivity contribution >= 4 is 34.6 Å². The Labute approximate surface area is 191 Å². The molecule has 8 heteroatoms. The molecular weight excluding hydrogens is 422 g/mol. The number of nitrogens with one attached hydrogen (secondary N) is 2. The molecule has 8 nitrogen and oxygen atoms in total. The van der Waals surface area contributed by atoms with Crippen LogP contribution in [0.25, 0.3) is 10.9 Å². The molecule has 1 aliphatic heterocycles. The predicted molar refractivity (Wildman–Crippen MR) is 124 cm³/mol. The van der Waals surface area contributed by atoms with E-state index in [9.17, 15) is 19.5 Å². The third kappa shape index (κ3) is 4.84. The average Bonchev–Trinajstić information content (AvgIpc) is 3.37. The maximum absolute atomic E-state index is 13.5. The molecular formula is C25H27N3O5. The van der Waals surface area contributed by atoms with Crippen LogP contribution in [0.2, 0.25) is 0 Å². The molecule has 2 heterocycles. The van der Waals surface area contributed by atoms with Crippen LogP contribution in [0.3, 0.4) is 0 Å². The number of carboxylic acids is 1. The second kappa shape index (κ2) is 8.61. The zero-order valence-electron chi connectivity index (χ0n) is 18.8. The molecule has 0 saturated carbocycles. The standard InChI is InChI=1S/C25H27N3O5/c1-25(2,3)33-24(32)28-12-11-18(15-7-5-4-6-8-15)21(28)22(29)26-17-9-10-19-16(13-17)14-20(27-19)23(30)31/h4-10,13-14,18,21,27H,11-12H2,1-3H3,(H,26,29)(H,30,31)/t18-,21?/m1/s1. The molecule has 33 heavy (non-hydrogen) atoms. The molecule has 1 saturated heterocycles. The topological polar surface area (TPSA) is 112 Å². The first-order valence-electron chi connectivity index (χ1n) is 10.8. The third-order valence-electron chi connectivity index (χ3n) is 5.64. The van der Waals surface area contributed by atoms with Crippen molar-refractivity contribution in [2.45, 2.75) is 44.8 Å². The molecule has 2 amide bonds. The minimum atomic E-state index is -1.05. The summed E-state index contributed by atoms with van der Waals surface area (Å²) in [6, 6.07) is 15.6. The van der Waals surface area contributed by atoms with Crippen LogP contribution < -0.4 is 5.32 Å². The van der Waals surface area contributed by atoms with Gasteiger partial charge in [-0.1, -0.05) is 30.3 Å². The van der Waals surface area contributed by atoms with Gasteiger partial charge in [-0.2, -0.15) is 0 Å². The molecule has 4 rings (SSSR count). The van der Waals surface area contributed by atoms with E-state index in [4.69, 9.17) is 4.74 Å². The summed E-state index contributed by atoms with van der Waals surface area (Å²) < 4.78 is 5.57. The molecule has 1 unspecified atom stereocenters. The lowest BCUT2D eigenvalue weighted by Crippen LogP contribution is -2.47. The van der Waals surface area contributed by atoms with E-state index in [1.807, 2.05) is 30.3 Å². The van der Waals surface area contributed by atoms with Gasteiger partial charge in [-0.25, -0.2) is 9.59 Å². The van der Waals surface area contributed by atoms with Crippen molar-refractivity contribution in [1.29, 1.82) is 0 Å². The van der Waals surface area contributed by atoms with Crippen molar-refractivity contribution in [3.63, 3.8) is 0 Å². The summed E-state index contributed by atoms with van der Waals surface area (Å²) in [5.41, 5.74) is 1.56. The third-order valence-corrected chi connectivity index (χ3v) is 5.64. The van der Waals surface area contributed by atoms with Crippen LogP contribution in [0.4, 0.5) is 10.5 Å². The summed E-state index contributed by atoms with van der Waals surface area (Å²) in [5, 5.41) is 12.8. The lowest BCUT2D eigenvalue weighted by atomic mass is 9.91. The second-order valence-electron chi connectivity index (χ2n) is 9.20. The monoisotopic (exact) mass is 449 g/mol. The number of aromatic carboxylic acids is 1. The van der Waals surface area contributed by atoms with Crippen LogP contribution in [0.1, 0.15) is 49.2 Å². The Morgan fingerprint density at radius 3 is 2.48 bits per heavy atom. The van der Waals surface area contributed by atoms with Gasteiger partial charge >= 0.3 is 12.1 Å². The van der Waals surface area contributed by atoms with Crippen LogP contribution in [-0.2, 0) is 9.53 Å². The molecule has 0 bridgehead atoms. The number of carbonyl (C=O) groups excluding carboxylic acids is 2. The van der Waals surface area contributed by atoms with E-state index < -0.39 is 23.7 Å². The SMILES string of the molecule is CC(C)(C)OC(=O)N1CC[C@H](c2ccccc2)C1C(=O)Nc1ccc2[nH]c(C(=O)O)cc2c1. The highest BCUT2D eigenvalue weighted by molar-refractivity contribution is 6.00. The highest BCUT2D eigenvalue weighted by Crippen LogP contribution is 2.35. The number of nitrogens with zero attached hydrogens (tertiary/aromatic N) is 1. The number of fused-ring (bicyclic) bond motifs is 1. The van der Waals surface area contributed by atoms with Gasteiger partial charge in [0.15, 0.2) is 0 Å². The maximum Gasteiger partial charge on any atom is 0.410 e. The number of hydrogen-bond acceptors (Lipinski definition) is 4. The van der Waals surface area contributed by atoms with Crippen molar-refractivity contribution in [3.05, 3.63) is 65.9 Å². The molecule has 1 fully saturated rings. The molecule has 172 valence electrons. The Morgan fingerprint density at radius 1 is 1.09 bits per heavy atom. The van der Waals surface area contributed by atoms with Crippen molar-refractivity contribution in [2.24, 2.45) is 0 Å². The van der Waals surface area contributed by atoms with Gasteiger partial charge in [0.2, 0.25) is 5.91 Å². The summed E-state index contributed by atoms with van der Waals surface area (Å²) in [6.45, 7) is 5.79. The average molecular weight is 450 g/mol. The largest absolute Gasteiger partial charge is 0.477 e. The van der Waals surface area contributed by atoms with Gasteiger partial charge in [0.25, 0.3) is 0 Å². The lowest BCUT2D eigenvalue weighted by molar-refractivity contribution is -0.120. The normalized spacial score (nSPS) is 18.3. The number of likely N-dealkylation sites (tertiary alicyclic amines) is 1. The highest BCUT2D eigenvalue weighted by Gasteiger charge is 2.44. The molecule has 1 aromatic heterocycles. The minimum Gasteiger partial charge on any atom is -0.477 e. The summed E-state index contributed by atoms with van der Waals surface area (Å²) >= 11 is 0. The van der Waals surface area contributed by atoms with Gasteiger partial charge in [0.05, 0.1) is 0 Å². The van der Waals surface area contributed by atoms with Crippen LogP contribution in [0.15, 0.2) is 54.6 Å². The molecule has 2 atom stereocenters. The van der Waals surface area contributed by atoms with E-state index >= 15 is 0 Å². The van der Waals surface area contributed by atoms with E-state index in [0.717, 1.165) is 5.56 Å². The Bertz CT molecular complexity index is 1200. The van der Waals surface area contributed by atoms with Crippen LogP contribution in [0.5, 0.6) is 0 Å². The number of anilines is 1. The first kappa shape index (κ1) is 22.4. The fourth-order valence-electron chi connectivity index (χ4n) is 4.23.